The van der Waals surface area contributed by atoms with Gasteiger partial charge < -0.3 is 19.7 Å². The van der Waals surface area contributed by atoms with Crippen LogP contribution in [0, 0.1) is 0 Å². The number of carbonyl (C=O) groups excluding carboxylic acids is 1. The fraction of sp³-hybridized carbons (Fsp3) is 0.208. The van der Waals surface area contributed by atoms with E-state index >= 15 is 0 Å². The molecule has 2 aromatic rings. The largest absolute Gasteiger partial charge is 0.507 e. The van der Waals surface area contributed by atoms with Crippen LogP contribution in [0.5, 0.6) is 11.5 Å². The van der Waals surface area contributed by atoms with Gasteiger partial charge in [0.05, 0.1) is 12.1 Å². The highest BCUT2D eigenvalue weighted by atomic mass is 35.5. The molecular weight excluding hydrogens is 404 g/mol. The highest BCUT2D eigenvalue weighted by Gasteiger charge is 2.25. The number of carbonyl (C=O) groups is 1. The Bertz CT molecular complexity index is 992. The number of fused-ring (bicyclic) bond motifs is 1. The molecule has 6 heteroatoms. The molecule has 5 nitrogen and oxygen atoms in total. The highest BCUT2D eigenvalue weighted by Crippen LogP contribution is 2.39. The number of allylic oxidation sites excluding steroid dienone is 3. The first-order chi connectivity index (χ1) is 14.5. The molecule has 3 rings (SSSR count). The van der Waals surface area contributed by atoms with Crippen LogP contribution in [0.2, 0.25) is 5.02 Å². The Hall–Kier alpha value is -3.18. The van der Waals surface area contributed by atoms with Gasteiger partial charge in [0.1, 0.15) is 28.9 Å². The Morgan fingerprint density at radius 3 is 2.53 bits per heavy atom. The van der Waals surface area contributed by atoms with Crippen molar-refractivity contribution in [2.45, 2.75) is 25.4 Å². The molecule has 156 valence electrons. The Labute approximate surface area is 180 Å². The van der Waals surface area contributed by atoms with E-state index in [1.807, 2.05) is 48.6 Å². The Morgan fingerprint density at radius 2 is 1.80 bits per heavy atom. The first kappa shape index (κ1) is 21.5. The van der Waals surface area contributed by atoms with Gasteiger partial charge in [0.2, 0.25) is 0 Å². The zero-order chi connectivity index (χ0) is 21.5. The molecule has 0 radical (unpaired) electrons. The summed E-state index contributed by atoms with van der Waals surface area (Å²) < 4.78 is 11.1. The second kappa shape index (κ2) is 10.0. The molecule has 1 aliphatic heterocycles. The second-order valence-electron chi connectivity index (χ2n) is 6.76. The molecule has 1 aliphatic rings. The summed E-state index contributed by atoms with van der Waals surface area (Å²) in [4.78, 5) is 13.1. The van der Waals surface area contributed by atoms with Crippen molar-refractivity contribution in [3.8, 4) is 11.5 Å². The molecule has 2 aromatic carbocycles. The molecule has 1 heterocycles. The van der Waals surface area contributed by atoms with Crippen molar-refractivity contribution in [3.05, 3.63) is 88.2 Å². The van der Waals surface area contributed by atoms with Crippen molar-refractivity contribution in [2.75, 3.05) is 7.11 Å². The third-order valence-corrected chi connectivity index (χ3v) is 5.10. The van der Waals surface area contributed by atoms with Crippen molar-refractivity contribution in [1.82, 2.24) is 0 Å². The van der Waals surface area contributed by atoms with Crippen molar-refractivity contribution in [1.29, 1.82) is 0 Å². The van der Waals surface area contributed by atoms with Crippen molar-refractivity contribution in [3.63, 3.8) is 0 Å². The van der Waals surface area contributed by atoms with Crippen LogP contribution in [-0.2, 0) is 9.47 Å². The van der Waals surface area contributed by atoms with E-state index in [1.54, 1.807) is 6.08 Å². The van der Waals surface area contributed by atoms with E-state index < -0.39 is 17.8 Å². The summed E-state index contributed by atoms with van der Waals surface area (Å²) in [6, 6.07) is 10.4. The van der Waals surface area contributed by atoms with E-state index in [9.17, 15) is 15.0 Å². The van der Waals surface area contributed by atoms with E-state index in [1.165, 1.54) is 13.2 Å². The Kier molecular flexibility index (Phi) is 7.20. The maximum absolute atomic E-state index is 13.1. The van der Waals surface area contributed by atoms with E-state index in [-0.39, 0.29) is 21.9 Å². The minimum absolute atomic E-state index is 0.0778. The second-order valence-corrected chi connectivity index (χ2v) is 7.14. The summed E-state index contributed by atoms with van der Waals surface area (Å²) in [5.41, 5.74) is 0.823. The third-order valence-electron chi connectivity index (χ3n) is 4.71. The molecule has 0 bridgehead atoms. The molecule has 2 N–H and O–H groups in total. The van der Waals surface area contributed by atoms with Gasteiger partial charge in [-0.2, -0.15) is 0 Å². The van der Waals surface area contributed by atoms with Crippen LogP contribution in [0.4, 0.5) is 0 Å². The number of hydrogen-bond acceptors (Lipinski definition) is 5. The molecule has 0 aromatic heterocycles. The number of aromatic hydroxyl groups is 2. The van der Waals surface area contributed by atoms with Gasteiger partial charge >= 0.3 is 5.97 Å². The molecule has 0 fully saturated rings. The lowest BCUT2D eigenvalue weighted by molar-refractivity contribution is 0.0300. The average Bonchev–Trinajstić information content (AvgIpc) is 2.74. The smallest absolute Gasteiger partial charge is 0.343 e. The number of phenolic OH excluding ortho intramolecular Hbond substituents is 2. The van der Waals surface area contributed by atoms with Crippen LogP contribution < -0.4 is 0 Å². The minimum Gasteiger partial charge on any atom is -0.507 e. The van der Waals surface area contributed by atoms with E-state index in [0.29, 0.717) is 12.2 Å². The highest BCUT2D eigenvalue weighted by molar-refractivity contribution is 6.34. The van der Waals surface area contributed by atoms with Gasteiger partial charge in [0.15, 0.2) is 0 Å². The number of esters is 1. The first-order valence-electron chi connectivity index (χ1n) is 9.58. The van der Waals surface area contributed by atoms with Crippen molar-refractivity contribution >= 4 is 23.6 Å². The van der Waals surface area contributed by atoms with Gasteiger partial charge in [-0.1, -0.05) is 60.2 Å². The van der Waals surface area contributed by atoms with E-state index in [2.05, 4.69) is 0 Å². The summed E-state index contributed by atoms with van der Waals surface area (Å²) in [7, 11) is 1.49. The van der Waals surface area contributed by atoms with Crippen LogP contribution in [0.3, 0.4) is 0 Å². The SMILES string of the molecule is COC1=C\c2c(Cl)c(O)cc(O)c2C(=O)OC(c2ccccc2)C/C=C/CC\C=C\1. The molecule has 30 heavy (non-hydrogen) atoms. The molecule has 0 aliphatic carbocycles. The van der Waals surface area contributed by atoms with Crippen LogP contribution in [0.15, 0.2) is 66.5 Å². The predicted octanol–water partition coefficient (Wildman–Crippen LogP) is 5.93. The predicted molar refractivity (Wildman–Crippen MR) is 116 cm³/mol. The summed E-state index contributed by atoms with van der Waals surface area (Å²) in [6.07, 6.45) is 10.8. The first-order valence-corrected chi connectivity index (χ1v) is 9.96. The zero-order valence-electron chi connectivity index (χ0n) is 16.5. The zero-order valence-corrected chi connectivity index (χ0v) is 17.3. The summed E-state index contributed by atoms with van der Waals surface area (Å²) >= 11 is 6.27. The fourth-order valence-electron chi connectivity index (χ4n) is 3.16. The summed E-state index contributed by atoms with van der Waals surface area (Å²) in [5, 5.41) is 20.4. The molecule has 0 spiro atoms. The quantitative estimate of drug-likeness (QED) is 0.459. The van der Waals surface area contributed by atoms with E-state index in [4.69, 9.17) is 21.1 Å². The normalized spacial score (nSPS) is 21.3. The van der Waals surface area contributed by atoms with Crippen LogP contribution in [0.25, 0.3) is 6.08 Å². The van der Waals surface area contributed by atoms with Gasteiger partial charge in [0, 0.05) is 18.1 Å². The standard InChI is InChI=1S/C24H23ClO5/c1-29-17-12-8-3-2-4-9-13-21(16-10-6-5-7-11-16)30-24(28)22-18(14-17)23(25)20(27)15-19(22)26/h4-12,14-15,21,26-27H,2-3,13H2,1H3/b9-4+,12-8+,17-14-. The molecule has 0 amide bonds. The number of ether oxygens (including phenoxy) is 2. The maximum atomic E-state index is 13.1. The van der Waals surface area contributed by atoms with Gasteiger partial charge in [-0.25, -0.2) is 4.79 Å². The van der Waals surface area contributed by atoms with Crippen LogP contribution >= 0.6 is 11.6 Å². The van der Waals surface area contributed by atoms with Crippen LogP contribution in [0.1, 0.15) is 46.9 Å². The molecular formula is C24H23ClO5. The fourth-order valence-corrected chi connectivity index (χ4v) is 3.36. The van der Waals surface area contributed by atoms with Gasteiger partial charge in [-0.3, -0.25) is 0 Å². The third kappa shape index (κ3) is 5.05. The number of cyclic esters (lactones) is 1. The summed E-state index contributed by atoms with van der Waals surface area (Å²) in [5.74, 6) is -1.11. The van der Waals surface area contributed by atoms with Crippen molar-refractivity contribution < 1.29 is 24.5 Å². The number of phenols is 2. The molecule has 0 saturated carbocycles. The number of benzene rings is 2. The summed E-state index contributed by atoms with van der Waals surface area (Å²) in [6.45, 7) is 0. The van der Waals surface area contributed by atoms with Gasteiger partial charge in [-0.05, 0) is 30.6 Å². The number of rotatable bonds is 2. The lowest BCUT2D eigenvalue weighted by atomic mass is 10.0. The van der Waals surface area contributed by atoms with Gasteiger partial charge in [-0.15, -0.1) is 0 Å². The van der Waals surface area contributed by atoms with Crippen molar-refractivity contribution in [2.24, 2.45) is 0 Å². The molecule has 1 atom stereocenters. The number of halogens is 1. The molecule has 1 unspecified atom stereocenters. The topological polar surface area (TPSA) is 76.0 Å². The Balaban J connectivity index is 2.13. The average molecular weight is 427 g/mol. The maximum Gasteiger partial charge on any atom is 0.343 e. The minimum atomic E-state index is -0.751. The molecule has 0 saturated heterocycles. The lowest BCUT2D eigenvalue weighted by Crippen LogP contribution is -2.13. The monoisotopic (exact) mass is 426 g/mol. The lowest BCUT2D eigenvalue weighted by Gasteiger charge is -2.19. The van der Waals surface area contributed by atoms with Crippen LogP contribution in [-0.4, -0.2) is 23.3 Å². The number of hydrogen-bond donors (Lipinski definition) is 2. The number of methoxy groups -OCH3 is 1. The van der Waals surface area contributed by atoms with E-state index in [0.717, 1.165) is 24.5 Å². The van der Waals surface area contributed by atoms with Gasteiger partial charge in [0.25, 0.3) is 0 Å². The Morgan fingerprint density at radius 1 is 1.07 bits per heavy atom.